The topological polar surface area (TPSA) is 0 Å². The van der Waals surface area contributed by atoms with Crippen molar-refractivity contribution in [2.45, 2.75) is 122 Å². The van der Waals surface area contributed by atoms with Gasteiger partial charge in [0.15, 0.2) is 0 Å². The zero-order valence-corrected chi connectivity index (χ0v) is 29.4. The quantitative estimate of drug-likeness (QED) is 0.270. The minimum atomic E-state index is 0. The predicted molar refractivity (Wildman–Crippen MR) is 163 cm³/mol. The van der Waals surface area contributed by atoms with Crippen molar-refractivity contribution in [3.63, 3.8) is 0 Å². The summed E-state index contributed by atoms with van der Waals surface area (Å²) in [6.07, 6.45) is 5.43. The third-order valence-corrected chi connectivity index (χ3v) is 10.5. The van der Waals surface area contributed by atoms with Crippen LogP contribution in [0.2, 0.25) is 0 Å². The largest absolute Gasteiger partial charge is 0.177 e. The average Bonchev–Trinajstić information content (AvgIpc) is 2.85. The molecule has 0 bridgehead atoms. The minimum Gasteiger partial charge on any atom is -0.177 e. The van der Waals surface area contributed by atoms with E-state index < -0.39 is 0 Å². The Balaban J connectivity index is 0.00000400. The maximum absolute atomic E-state index is 3.58. The molecule has 201 valence electrons. The molecule has 1 fully saturated rings. The summed E-state index contributed by atoms with van der Waals surface area (Å²) in [6, 6.07) is 3.58. The van der Waals surface area contributed by atoms with Crippen molar-refractivity contribution in [3.05, 3.63) is 78.4 Å². The molecule has 0 heterocycles. The summed E-state index contributed by atoms with van der Waals surface area (Å²) in [6.45, 7) is 30.4. The van der Waals surface area contributed by atoms with Gasteiger partial charge < -0.3 is 0 Å². The summed E-state index contributed by atoms with van der Waals surface area (Å²) in [4.78, 5) is 0. The molecule has 0 aromatic heterocycles. The molecule has 3 aromatic rings. The summed E-state index contributed by atoms with van der Waals surface area (Å²) in [5.74, 6) is 1.61. The van der Waals surface area contributed by atoms with E-state index in [2.05, 4.69) is 96.1 Å². The van der Waals surface area contributed by atoms with E-state index in [1.807, 2.05) is 0 Å². The predicted octanol–water partition coefficient (Wildman–Crippen LogP) is 10.8. The van der Waals surface area contributed by atoms with Crippen LogP contribution in [0.15, 0.2) is 0 Å². The summed E-state index contributed by atoms with van der Waals surface area (Å²) >= 11 is 0. The molecule has 0 spiro atoms. The molecule has 3 aromatic carbocycles. The van der Waals surface area contributed by atoms with Crippen molar-refractivity contribution in [1.82, 2.24) is 0 Å². The SMILES string of the molecule is Cc1[c-]c(C)c(C)c(-c2c(C)c(C)c(-c3c(C)c(C)c(C4CCC(C)CC4)c(C)c3C)c(C)c2C)c1C.[Y]. The van der Waals surface area contributed by atoms with Gasteiger partial charge >= 0.3 is 0 Å². The summed E-state index contributed by atoms with van der Waals surface area (Å²) in [7, 11) is 0. The van der Waals surface area contributed by atoms with Crippen molar-refractivity contribution < 1.29 is 32.7 Å². The van der Waals surface area contributed by atoms with Gasteiger partial charge in [0.1, 0.15) is 0 Å². The molecule has 0 atom stereocenters. The van der Waals surface area contributed by atoms with E-state index in [1.54, 1.807) is 5.56 Å². The van der Waals surface area contributed by atoms with Crippen LogP contribution in [0.5, 0.6) is 0 Å². The average molecular weight is 583 g/mol. The van der Waals surface area contributed by atoms with Gasteiger partial charge in [0.05, 0.1) is 0 Å². The van der Waals surface area contributed by atoms with Crippen LogP contribution in [0.3, 0.4) is 0 Å². The number of benzene rings is 3. The fraction of sp³-hybridized carbons (Fsp3) is 0.514. The molecule has 0 N–H and O–H groups in total. The second kappa shape index (κ2) is 11.7. The Labute approximate surface area is 259 Å². The van der Waals surface area contributed by atoms with E-state index in [0.29, 0.717) is 0 Å². The van der Waals surface area contributed by atoms with E-state index in [9.17, 15) is 0 Å². The minimum absolute atomic E-state index is 0. The molecule has 0 aliphatic heterocycles. The monoisotopic (exact) mass is 582 g/mol. The van der Waals surface area contributed by atoms with Gasteiger partial charge in [-0.05, 0) is 147 Å². The molecular formula is C37H49Y-. The van der Waals surface area contributed by atoms with Crippen LogP contribution in [-0.2, 0) is 32.7 Å². The van der Waals surface area contributed by atoms with Crippen molar-refractivity contribution in [3.8, 4) is 22.3 Å². The first-order chi connectivity index (χ1) is 17.3. The molecule has 0 nitrogen and oxygen atoms in total. The van der Waals surface area contributed by atoms with Crippen LogP contribution in [-0.4, -0.2) is 0 Å². The van der Waals surface area contributed by atoms with Crippen molar-refractivity contribution in [1.29, 1.82) is 0 Å². The number of aryl methyl sites for hydroxylation is 2. The molecule has 0 unspecified atom stereocenters. The Morgan fingerprint density at radius 1 is 0.421 bits per heavy atom. The Bertz CT molecular complexity index is 1310. The van der Waals surface area contributed by atoms with Gasteiger partial charge in [-0.25, -0.2) is 0 Å². The van der Waals surface area contributed by atoms with Crippen LogP contribution in [0.1, 0.15) is 111 Å². The normalized spacial score (nSPS) is 17.5. The Kier molecular flexibility index (Phi) is 9.64. The van der Waals surface area contributed by atoms with E-state index in [1.165, 1.54) is 115 Å². The molecule has 1 aliphatic rings. The third-order valence-electron chi connectivity index (χ3n) is 10.5. The molecule has 0 saturated heterocycles. The van der Waals surface area contributed by atoms with Crippen LogP contribution < -0.4 is 0 Å². The summed E-state index contributed by atoms with van der Waals surface area (Å²) < 4.78 is 0. The standard InChI is InChI=1S/C37H49.Y/c1-19-14-16-32(17-15-19)33-24(6)26(8)36(27(9)25(33)7)37-30(12)28(10)35(29(11)31(37)13)34-22(4)20(2)18-21(3)23(34)5;/h19,32H,14-17H2,1-13H3;/q-1;. The zero-order chi connectivity index (χ0) is 27.5. The van der Waals surface area contributed by atoms with Gasteiger partial charge in [-0.2, -0.15) is 17.2 Å². The molecule has 1 heteroatoms. The molecule has 0 amide bonds. The van der Waals surface area contributed by atoms with Crippen LogP contribution in [0.25, 0.3) is 22.3 Å². The van der Waals surface area contributed by atoms with Gasteiger partial charge in [-0.1, -0.05) is 47.5 Å². The van der Waals surface area contributed by atoms with Crippen molar-refractivity contribution in [2.75, 3.05) is 0 Å². The molecule has 4 rings (SSSR count). The van der Waals surface area contributed by atoms with E-state index in [4.69, 9.17) is 0 Å². The second-order valence-corrected chi connectivity index (χ2v) is 12.5. The van der Waals surface area contributed by atoms with Crippen LogP contribution in [0.4, 0.5) is 0 Å². The second-order valence-electron chi connectivity index (χ2n) is 12.5. The summed E-state index contributed by atoms with van der Waals surface area (Å²) in [5.41, 5.74) is 24.5. The zero-order valence-electron chi connectivity index (χ0n) is 26.6. The number of hydrogen-bond donors (Lipinski definition) is 0. The third kappa shape index (κ3) is 5.03. The molecule has 1 radical (unpaired) electrons. The van der Waals surface area contributed by atoms with Gasteiger partial charge in [-0.3, -0.25) is 0 Å². The fourth-order valence-electron chi connectivity index (χ4n) is 7.44. The van der Waals surface area contributed by atoms with Crippen LogP contribution >= 0.6 is 0 Å². The first-order valence-corrected chi connectivity index (χ1v) is 14.5. The van der Waals surface area contributed by atoms with Crippen molar-refractivity contribution >= 4 is 0 Å². The smallest absolute Gasteiger partial charge is 0 e. The van der Waals surface area contributed by atoms with Gasteiger partial charge in [0.25, 0.3) is 0 Å². The Hall–Kier alpha value is -1.24. The molecule has 1 aliphatic carbocycles. The fourth-order valence-corrected chi connectivity index (χ4v) is 7.44. The number of rotatable bonds is 3. The van der Waals surface area contributed by atoms with E-state index >= 15 is 0 Å². The maximum atomic E-state index is 3.58. The Morgan fingerprint density at radius 3 is 1.05 bits per heavy atom. The molecular weight excluding hydrogens is 533 g/mol. The molecule has 38 heavy (non-hydrogen) atoms. The van der Waals surface area contributed by atoms with Gasteiger partial charge in [0, 0.05) is 32.7 Å². The van der Waals surface area contributed by atoms with Crippen molar-refractivity contribution in [2.24, 2.45) is 5.92 Å². The number of hydrogen-bond acceptors (Lipinski definition) is 0. The Morgan fingerprint density at radius 2 is 0.711 bits per heavy atom. The van der Waals surface area contributed by atoms with Crippen LogP contribution in [0, 0.1) is 95.1 Å². The molecule has 1 saturated carbocycles. The first-order valence-electron chi connectivity index (χ1n) is 14.5. The first kappa shape index (κ1) is 31.3. The van der Waals surface area contributed by atoms with E-state index in [0.717, 1.165) is 11.8 Å². The van der Waals surface area contributed by atoms with Gasteiger partial charge in [-0.15, -0.1) is 16.7 Å². The van der Waals surface area contributed by atoms with E-state index in [-0.39, 0.29) is 32.7 Å². The van der Waals surface area contributed by atoms with Gasteiger partial charge in [0.2, 0.25) is 0 Å². The maximum Gasteiger partial charge on any atom is 0 e. The summed E-state index contributed by atoms with van der Waals surface area (Å²) in [5, 5.41) is 0.